The molecular formula is C26H40N4O2. The SMILES string of the molecule is NC(=NCC1CCCCCC1)N1CCN(C(=O)[C@](O)(c2ccccc2)C2CCCC2)CC1. The van der Waals surface area contributed by atoms with Crippen LogP contribution in [-0.2, 0) is 10.4 Å². The third-order valence-electron chi connectivity index (χ3n) is 7.86. The van der Waals surface area contributed by atoms with E-state index in [1.807, 2.05) is 35.2 Å². The summed E-state index contributed by atoms with van der Waals surface area (Å²) in [4.78, 5) is 22.3. The lowest BCUT2D eigenvalue weighted by Crippen LogP contribution is -2.58. The highest BCUT2D eigenvalue weighted by Gasteiger charge is 2.48. The highest BCUT2D eigenvalue weighted by atomic mass is 16.3. The van der Waals surface area contributed by atoms with Gasteiger partial charge in [-0.3, -0.25) is 9.79 Å². The Kier molecular flexibility index (Phi) is 7.71. The van der Waals surface area contributed by atoms with E-state index in [1.54, 1.807) is 0 Å². The van der Waals surface area contributed by atoms with Crippen molar-refractivity contribution in [2.24, 2.45) is 22.6 Å². The van der Waals surface area contributed by atoms with Gasteiger partial charge in [-0.25, -0.2) is 0 Å². The van der Waals surface area contributed by atoms with Crippen molar-refractivity contribution in [3.8, 4) is 0 Å². The van der Waals surface area contributed by atoms with E-state index in [2.05, 4.69) is 4.90 Å². The van der Waals surface area contributed by atoms with Crippen molar-refractivity contribution >= 4 is 11.9 Å². The Morgan fingerprint density at radius 1 is 0.906 bits per heavy atom. The van der Waals surface area contributed by atoms with E-state index in [4.69, 9.17) is 10.7 Å². The summed E-state index contributed by atoms with van der Waals surface area (Å²) in [6.07, 6.45) is 11.8. The molecule has 32 heavy (non-hydrogen) atoms. The molecule has 0 bridgehead atoms. The summed E-state index contributed by atoms with van der Waals surface area (Å²) in [5.74, 6) is 1.10. The molecule has 1 aliphatic heterocycles. The lowest BCUT2D eigenvalue weighted by molar-refractivity contribution is -0.160. The van der Waals surface area contributed by atoms with Gasteiger partial charge in [0.25, 0.3) is 5.91 Å². The van der Waals surface area contributed by atoms with Crippen molar-refractivity contribution in [3.63, 3.8) is 0 Å². The third kappa shape index (κ3) is 5.11. The van der Waals surface area contributed by atoms with Gasteiger partial charge in [-0.1, -0.05) is 68.9 Å². The predicted octanol–water partition coefficient (Wildman–Crippen LogP) is 3.49. The minimum absolute atomic E-state index is 0.0124. The van der Waals surface area contributed by atoms with Crippen molar-refractivity contribution in [2.75, 3.05) is 32.7 Å². The maximum atomic E-state index is 13.6. The van der Waals surface area contributed by atoms with Gasteiger partial charge in [0.2, 0.25) is 0 Å². The fourth-order valence-corrected chi connectivity index (χ4v) is 5.82. The van der Waals surface area contributed by atoms with Crippen LogP contribution in [0.5, 0.6) is 0 Å². The van der Waals surface area contributed by atoms with Crippen LogP contribution in [0.2, 0.25) is 0 Å². The number of nitrogens with zero attached hydrogens (tertiary/aromatic N) is 3. The van der Waals surface area contributed by atoms with Gasteiger partial charge in [0.05, 0.1) is 0 Å². The minimum atomic E-state index is -1.43. The van der Waals surface area contributed by atoms with Gasteiger partial charge in [0, 0.05) is 38.6 Å². The molecule has 6 nitrogen and oxygen atoms in total. The first-order valence-electron chi connectivity index (χ1n) is 12.7. The maximum absolute atomic E-state index is 13.6. The Morgan fingerprint density at radius 3 is 2.09 bits per heavy atom. The average Bonchev–Trinajstić information content (AvgIpc) is 3.27. The number of aliphatic hydroxyl groups is 1. The van der Waals surface area contributed by atoms with Crippen molar-refractivity contribution in [1.82, 2.24) is 9.80 Å². The van der Waals surface area contributed by atoms with E-state index in [0.717, 1.165) is 37.8 Å². The smallest absolute Gasteiger partial charge is 0.259 e. The van der Waals surface area contributed by atoms with E-state index in [9.17, 15) is 9.90 Å². The fourth-order valence-electron chi connectivity index (χ4n) is 5.82. The third-order valence-corrected chi connectivity index (χ3v) is 7.86. The molecule has 1 amide bonds. The molecule has 4 rings (SSSR count). The summed E-state index contributed by atoms with van der Waals surface area (Å²) >= 11 is 0. The Morgan fingerprint density at radius 2 is 1.47 bits per heavy atom. The van der Waals surface area contributed by atoms with Crippen molar-refractivity contribution in [1.29, 1.82) is 0 Å². The highest BCUT2D eigenvalue weighted by Crippen LogP contribution is 2.42. The molecule has 3 N–H and O–H groups in total. The molecule has 0 aromatic heterocycles. The zero-order valence-electron chi connectivity index (χ0n) is 19.4. The Hall–Kier alpha value is -2.08. The number of amides is 1. The van der Waals surface area contributed by atoms with Crippen LogP contribution in [0.25, 0.3) is 0 Å². The molecule has 0 unspecified atom stereocenters. The molecule has 6 heteroatoms. The molecule has 3 fully saturated rings. The number of piperazine rings is 1. The largest absolute Gasteiger partial charge is 0.375 e. The molecule has 1 atom stereocenters. The number of guanidine groups is 1. The monoisotopic (exact) mass is 440 g/mol. The maximum Gasteiger partial charge on any atom is 0.259 e. The molecule has 3 aliphatic rings. The molecule has 1 saturated heterocycles. The first-order chi connectivity index (χ1) is 15.6. The molecule has 1 aromatic rings. The molecule has 2 saturated carbocycles. The van der Waals surface area contributed by atoms with Gasteiger partial charge < -0.3 is 20.6 Å². The number of carbonyl (C=O) groups excluding carboxylic acids is 1. The summed E-state index contributed by atoms with van der Waals surface area (Å²) < 4.78 is 0. The van der Waals surface area contributed by atoms with E-state index in [0.29, 0.717) is 38.1 Å². The number of benzene rings is 1. The minimum Gasteiger partial charge on any atom is -0.375 e. The number of hydrogen-bond acceptors (Lipinski definition) is 3. The summed E-state index contributed by atoms with van der Waals surface area (Å²) in [6.45, 7) is 3.30. The lowest BCUT2D eigenvalue weighted by Gasteiger charge is -2.41. The van der Waals surface area contributed by atoms with Crippen molar-refractivity contribution < 1.29 is 9.90 Å². The van der Waals surface area contributed by atoms with E-state index < -0.39 is 5.60 Å². The predicted molar refractivity (Wildman–Crippen MR) is 128 cm³/mol. The highest BCUT2D eigenvalue weighted by molar-refractivity contribution is 5.87. The number of carbonyl (C=O) groups is 1. The van der Waals surface area contributed by atoms with Gasteiger partial charge in [-0.15, -0.1) is 0 Å². The molecule has 1 aromatic carbocycles. The number of hydrogen-bond donors (Lipinski definition) is 2. The zero-order chi connectivity index (χ0) is 22.4. The second-order valence-corrected chi connectivity index (χ2v) is 9.95. The Labute approximate surface area is 192 Å². The molecule has 2 aliphatic carbocycles. The zero-order valence-corrected chi connectivity index (χ0v) is 19.4. The summed E-state index contributed by atoms with van der Waals surface area (Å²) in [6, 6.07) is 9.53. The topological polar surface area (TPSA) is 82.2 Å². The van der Waals surface area contributed by atoms with Gasteiger partial charge in [-0.05, 0) is 37.2 Å². The van der Waals surface area contributed by atoms with Crippen molar-refractivity contribution in [3.05, 3.63) is 35.9 Å². The number of nitrogens with two attached hydrogens (primary N) is 1. The number of rotatable bonds is 5. The van der Waals surface area contributed by atoms with Crippen LogP contribution in [0.15, 0.2) is 35.3 Å². The van der Waals surface area contributed by atoms with E-state index >= 15 is 0 Å². The normalized spacial score (nSPS) is 23.7. The van der Waals surface area contributed by atoms with Crippen LogP contribution in [0, 0.1) is 11.8 Å². The van der Waals surface area contributed by atoms with Crippen molar-refractivity contribution in [2.45, 2.75) is 69.8 Å². The average molecular weight is 441 g/mol. The first kappa shape index (κ1) is 23.1. The fraction of sp³-hybridized carbons (Fsp3) is 0.692. The Bertz CT molecular complexity index is 761. The lowest BCUT2D eigenvalue weighted by atomic mass is 9.79. The van der Waals surface area contributed by atoms with Crippen LogP contribution >= 0.6 is 0 Å². The van der Waals surface area contributed by atoms with Gasteiger partial charge in [-0.2, -0.15) is 0 Å². The van der Waals surface area contributed by atoms with Gasteiger partial charge in [0.1, 0.15) is 0 Å². The Balaban J connectivity index is 1.38. The van der Waals surface area contributed by atoms with Gasteiger partial charge in [0.15, 0.2) is 11.6 Å². The van der Waals surface area contributed by atoms with Crippen LogP contribution in [0.4, 0.5) is 0 Å². The van der Waals surface area contributed by atoms with Gasteiger partial charge >= 0.3 is 0 Å². The van der Waals surface area contributed by atoms with E-state index in [-0.39, 0.29) is 11.8 Å². The second kappa shape index (κ2) is 10.7. The molecule has 0 radical (unpaired) electrons. The van der Waals surface area contributed by atoms with Crippen LogP contribution in [0.3, 0.4) is 0 Å². The molecule has 0 spiro atoms. The molecule has 176 valence electrons. The van der Waals surface area contributed by atoms with Crippen LogP contribution < -0.4 is 5.73 Å². The summed E-state index contributed by atoms with van der Waals surface area (Å²) in [5.41, 5.74) is 5.62. The first-order valence-corrected chi connectivity index (χ1v) is 12.7. The van der Waals surface area contributed by atoms with Crippen LogP contribution in [0.1, 0.15) is 69.8 Å². The number of aliphatic imine (C=N–C) groups is 1. The standard InChI is InChI=1S/C26H40N4O2/c27-25(28-20-21-10-4-1-2-5-11-21)30-18-16-29(17-19-30)24(31)26(32,23-14-8-9-15-23)22-12-6-3-7-13-22/h3,6-7,12-13,21,23,32H,1-2,4-5,8-11,14-20H2,(H2,27,28)/t26-/m0/s1. The molecular weight excluding hydrogens is 400 g/mol. The van der Waals surface area contributed by atoms with Crippen LogP contribution in [-0.4, -0.2) is 59.5 Å². The second-order valence-electron chi connectivity index (χ2n) is 9.95. The summed E-state index contributed by atoms with van der Waals surface area (Å²) in [7, 11) is 0. The summed E-state index contributed by atoms with van der Waals surface area (Å²) in [5, 5.41) is 11.8. The quantitative estimate of drug-likeness (QED) is 0.417. The van der Waals surface area contributed by atoms with E-state index in [1.165, 1.54) is 38.5 Å². The molecule has 1 heterocycles.